The van der Waals surface area contributed by atoms with Crippen molar-refractivity contribution in [3.8, 4) is 0 Å². The second-order valence-corrected chi connectivity index (χ2v) is 5.42. The lowest BCUT2D eigenvalue weighted by atomic mass is 9.90. The fourth-order valence-electron chi connectivity index (χ4n) is 2.39. The maximum atomic E-state index is 13.1. The zero-order valence-corrected chi connectivity index (χ0v) is 12.7. The van der Waals surface area contributed by atoms with E-state index in [0.29, 0.717) is 6.61 Å². The molecule has 0 saturated carbocycles. The van der Waals surface area contributed by atoms with Crippen LogP contribution in [0, 0.1) is 12.7 Å². The summed E-state index contributed by atoms with van der Waals surface area (Å²) < 4.78 is 19.0. The van der Waals surface area contributed by atoms with E-state index in [1.54, 1.807) is 6.07 Å². The molecule has 1 aromatic rings. The Morgan fingerprint density at radius 2 is 2.00 bits per heavy atom. The molecule has 0 aromatic heterocycles. The molecule has 2 nitrogen and oxygen atoms in total. The first kappa shape index (κ1) is 16.1. The molecule has 0 heterocycles. The van der Waals surface area contributed by atoms with Gasteiger partial charge >= 0.3 is 0 Å². The van der Waals surface area contributed by atoms with Gasteiger partial charge in [0.05, 0.1) is 5.60 Å². The van der Waals surface area contributed by atoms with Crippen molar-refractivity contribution in [3.63, 3.8) is 0 Å². The van der Waals surface area contributed by atoms with Gasteiger partial charge in [0.15, 0.2) is 0 Å². The van der Waals surface area contributed by atoms with Crippen LogP contribution in [-0.2, 0) is 11.2 Å². The second-order valence-electron chi connectivity index (χ2n) is 5.42. The summed E-state index contributed by atoms with van der Waals surface area (Å²) >= 11 is 0. The Hall–Kier alpha value is -0.930. The quantitative estimate of drug-likeness (QED) is 0.816. The lowest BCUT2D eigenvalue weighted by Gasteiger charge is -2.35. The topological polar surface area (TPSA) is 21.3 Å². The molecule has 0 radical (unpaired) electrons. The standard InChI is InChI=1S/C16H26FNO/c1-6-18-15(16(4,5)19-7-2)11-13-8-9-14(17)10-12(13)3/h8-10,15,18H,6-7,11H2,1-5H3. The molecule has 0 saturated heterocycles. The van der Waals surface area contributed by atoms with Gasteiger partial charge in [0.2, 0.25) is 0 Å². The third-order valence-corrected chi connectivity index (χ3v) is 3.53. The van der Waals surface area contributed by atoms with E-state index < -0.39 is 0 Å². The molecule has 0 spiro atoms. The van der Waals surface area contributed by atoms with Crippen LogP contribution in [0.3, 0.4) is 0 Å². The minimum Gasteiger partial charge on any atom is -0.374 e. The first-order valence-electron chi connectivity index (χ1n) is 7.03. The van der Waals surface area contributed by atoms with Crippen LogP contribution in [0.2, 0.25) is 0 Å². The third-order valence-electron chi connectivity index (χ3n) is 3.53. The van der Waals surface area contributed by atoms with Gasteiger partial charge < -0.3 is 10.1 Å². The van der Waals surface area contributed by atoms with Crippen LogP contribution in [0.25, 0.3) is 0 Å². The van der Waals surface area contributed by atoms with Crippen molar-refractivity contribution < 1.29 is 9.13 Å². The average molecular weight is 267 g/mol. The van der Waals surface area contributed by atoms with E-state index in [1.807, 2.05) is 19.9 Å². The first-order chi connectivity index (χ1) is 8.90. The molecular weight excluding hydrogens is 241 g/mol. The predicted molar refractivity (Wildman–Crippen MR) is 78.0 cm³/mol. The van der Waals surface area contributed by atoms with Gasteiger partial charge in [-0.2, -0.15) is 0 Å². The zero-order valence-electron chi connectivity index (χ0n) is 12.7. The van der Waals surface area contributed by atoms with Crippen molar-refractivity contribution in [2.24, 2.45) is 0 Å². The molecule has 19 heavy (non-hydrogen) atoms. The number of hydrogen-bond donors (Lipinski definition) is 1. The van der Waals surface area contributed by atoms with Gasteiger partial charge in [-0.3, -0.25) is 0 Å². The summed E-state index contributed by atoms with van der Waals surface area (Å²) in [5.41, 5.74) is 1.92. The Labute approximate surface area is 116 Å². The van der Waals surface area contributed by atoms with E-state index in [9.17, 15) is 4.39 Å². The van der Waals surface area contributed by atoms with E-state index in [0.717, 1.165) is 18.5 Å². The molecule has 108 valence electrons. The number of rotatable bonds is 7. The van der Waals surface area contributed by atoms with Crippen molar-refractivity contribution in [3.05, 3.63) is 35.1 Å². The van der Waals surface area contributed by atoms with Crippen LogP contribution >= 0.6 is 0 Å². The van der Waals surface area contributed by atoms with Gasteiger partial charge in [0, 0.05) is 12.6 Å². The number of aryl methyl sites for hydroxylation is 1. The molecule has 1 rings (SSSR count). The van der Waals surface area contributed by atoms with E-state index in [2.05, 4.69) is 26.1 Å². The minimum atomic E-state index is -0.244. The van der Waals surface area contributed by atoms with E-state index in [-0.39, 0.29) is 17.5 Å². The Morgan fingerprint density at radius 1 is 1.32 bits per heavy atom. The lowest BCUT2D eigenvalue weighted by molar-refractivity contribution is -0.0377. The molecule has 1 aromatic carbocycles. The highest BCUT2D eigenvalue weighted by atomic mass is 19.1. The smallest absolute Gasteiger partial charge is 0.123 e. The fourth-order valence-corrected chi connectivity index (χ4v) is 2.39. The van der Waals surface area contributed by atoms with Gasteiger partial charge in [-0.05, 0) is 63.9 Å². The van der Waals surface area contributed by atoms with Crippen molar-refractivity contribution in [1.82, 2.24) is 5.32 Å². The van der Waals surface area contributed by atoms with Gasteiger partial charge in [0.1, 0.15) is 5.82 Å². The Balaban J connectivity index is 2.89. The zero-order chi connectivity index (χ0) is 14.5. The average Bonchev–Trinajstić information content (AvgIpc) is 2.31. The monoisotopic (exact) mass is 267 g/mol. The molecule has 0 amide bonds. The Kier molecular flexibility index (Phi) is 5.95. The molecule has 0 aliphatic carbocycles. The Morgan fingerprint density at radius 3 is 2.53 bits per heavy atom. The SMILES string of the molecule is CCNC(Cc1ccc(F)cc1C)C(C)(C)OCC. The number of hydrogen-bond acceptors (Lipinski definition) is 2. The molecule has 0 bridgehead atoms. The van der Waals surface area contributed by atoms with Crippen molar-refractivity contribution in [2.45, 2.75) is 52.7 Å². The van der Waals surface area contributed by atoms with Gasteiger partial charge in [0.25, 0.3) is 0 Å². The van der Waals surface area contributed by atoms with Crippen LogP contribution in [0.15, 0.2) is 18.2 Å². The number of halogens is 1. The summed E-state index contributed by atoms with van der Waals surface area (Å²) in [7, 11) is 0. The highest BCUT2D eigenvalue weighted by Gasteiger charge is 2.29. The number of ether oxygens (including phenoxy) is 1. The van der Waals surface area contributed by atoms with Gasteiger partial charge in [-0.15, -0.1) is 0 Å². The molecule has 3 heteroatoms. The lowest BCUT2D eigenvalue weighted by Crippen LogP contribution is -2.50. The summed E-state index contributed by atoms with van der Waals surface area (Å²) in [6.07, 6.45) is 0.840. The Bertz CT molecular complexity index is 404. The normalized spacial score (nSPS) is 13.6. The molecular formula is C16H26FNO. The first-order valence-corrected chi connectivity index (χ1v) is 7.03. The fraction of sp³-hybridized carbons (Fsp3) is 0.625. The third kappa shape index (κ3) is 4.59. The van der Waals surface area contributed by atoms with Crippen molar-refractivity contribution >= 4 is 0 Å². The molecule has 1 N–H and O–H groups in total. The maximum absolute atomic E-state index is 13.1. The van der Waals surface area contributed by atoms with Gasteiger partial charge in [-0.25, -0.2) is 4.39 Å². The number of likely N-dealkylation sites (N-methyl/N-ethyl adjacent to an activating group) is 1. The van der Waals surface area contributed by atoms with E-state index in [1.165, 1.54) is 11.6 Å². The molecule has 1 unspecified atom stereocenters. The summed E-state index contributed by atoms with van der Waals surface area (Å²) in [5.74, 6) is -0.176. The summed E-state index contributed by atoms with van der Waals surface area (Å²) in [6.45, 7) is 11.8. The van der Waals surface area contributed by atoms with Crippen LogP contribution < -0.4 is 5.32 Å². The molecule has 0 aliphatic rings. The van der Waals surface area contributed by atoms with E-state index >= 15 is 0 Å². The summed E-state index contributed by atoms with van der Waals surface area (Å²) in [6, 6.07) is 5.20. The molecule has 0 fully saturated rings. The van der Waals surface area contributed by atoms with Crippen LogP contribution in [-0.4, -0.2) is 24.8 Å². The largest absolute Gasteiger partial charge is 0.374 e. The summed E-state index contributed by atoms with van der Waals surface area (Å²) in [4.78, 5) is 0. The van der Waals surface area contributed by atoms with Crippen molar-refractivity contribution in [1.29, 1.82) is 0 Å². The second kappa shape index (κ2) is 7.01. The van der Waals surface area contributed by atoms with Crippen LogP contribution in [0.5, 0.6) is 0 Å². The maximum Gasteiger partial charge on any atom is 0.123 e. The molecule has 0 aliphatic heterocycles. The number of nitrogens with one attached hydrogen (secondary N) is 1. The number of benzene rings is 1. The highest BCUT2D eigenvalue weighted by molar-refractivity contribution is 5.27. The minimum absolute atomic E-state index is 0.176. The van der Waals surface area contributed by atoms with Crippen LogP contribution in [0.1, 0.15) is 38.8 Å². The predicted octanol–water partition coefficient (Wildman–Crippen LogP) is 3.47. The highest BCUT2D eigenvalue weighted by Crippen LogP contribution is 2.21. The molecule has 1 atom stereocenters. The van der Waals surface area contributed by atoms with Crippen LogP contribution in [0.4, 0.5) is 4.39 Å². The summed E-state index contributed by atoms with van der Waals surface area (Å²) in [5, 5.41) is 3.48. The van der Waals surface area contributed by atoms with E-state index in [4.69, 9.17) is 4.74 Å². The van der Waals surface area contributed by atoms with Gasteiger partial charge in [-0.1, -0.05) is 13.0 Å². The van der Waals surface area contributed by atoms with Crippen molar-refractivity contribution in [2.75, 3.05) is 13.2 Å².